The lowest BCUT2D eigenvalue weighted by atomic mass is 10.1. The second-order valence-electron chi connectivity index (χ2n) is 6.85. The van der Waals surface area contributed by atoms with Crippen molar-refractivity contribution in [1.29, 1.82) is 0 Å². The van der Waals surface area contributed by atoms with Crippen LogP contribution in [0.25, 0.3) is 0 Å². The molecule has 2 fully saturated rings. The SMILES string of the molecule is CC(NC(=O)CSc1nnc(C2CC2)n1C1CC1)c1ccc(Br)cc1. The second kappa shape index (κ2) is 7.11. The van der Waals surface area contributed by atoms with Crippen LogP contribution in [-0.4, -0.2) is 26.4 Å². The van der Waals surface area contributed by atoms with Gasteiger partial charge < -0.3 is 9.88 Å². The van der Waals surface area contributed by atoms with Gasteiger partial charge in [0.1, 0.15) is 5.82 Å². The summed E-state index contributed by atoms with van der Waals surface area (Å²) >= 11 is 4.93. The molecule has 2 saturated carbocycles. The summed E-state index contributed by atoms with van der Waals surface area (Å²) in [5.74, 6) is 2.12. The van der Waals surface area contributed by atoms with E-state index in [9.17, 15) is 4.79 Å². The standard InChI is InChI=1S/C18H21BrN4OS/c1-11(12-4-6-14(19)7-5-12)20-16(24)10-25-18-22-21-17(13-2-3-13)23(18)15-8-9-15/h4-7,11,13,15H,2-3,8-10H2,1H3,(H,20,24). The van der Waals surface area contributed by atoms with Crippen molar-refractivity contribution in [3.05, 3.63) is 40.1 Å². The van der Waals surface area contributed by atoms with E-state index in [4.69, 9.17) is 0 Å². The van der Waals surface area contributed by atoms with Crippen molar-refractivity contribution >= 4 is 33.6 Å². The highest BCUT2D eigenvalue weighted by atomic mass is 79.9. The molecule has 2 aromatic rings. The van der Waals surface area contributed by atoms with E-state index in [0.717, 1.165) is 21.0 Å². The molecule has 1 aromatic heterocycles. The molecule has 7 heteroatoms. The van der Waals surface area contributed by atoms with Crippen molar-refractivity contribution in [3.8, 4) is 0 Å². The Balaban J connectivity index is 1.35. The smallest absolute Gasteiger partial charge is 0.230 e. The fourth-order valence-corrected chi connectivity index (χ4v) is 4.02. The molecule has 5 nitrogen and oxygen atoms in total. The summed E-state index contributed by atoms with van der Waals surface area (Å²) in [5, 5.41) is 12.7. The number of hydrogen-bond acceptors (Lipinski definition) is 4. The Labute approximate surface area is 160 Å². The van der Waals surface area contributed by atoms with Crippen LogP contribution in [0.2, 0.25) is 0 Å². The van der Waals surface area contributed by atoms with Crippen molar-refractivity contribution in [3.63, 3.8) is 0 Å². The Hall–Kier alpha value is -1.34. The van der Waals surface area contributed by atoms with E-state index in [-0.39, 0.29) is 11.9 Å². The molecule has 132 valence electrons. The van der Waals surface area contributed by atoms with Crippen LogP contribution in [0.3, 0.4) is 0 Å². The van der Waals surface area contributed by atoms with E-state index in [0.29, 0.717) is 17.7 Å². The molecular formula is C18H21BrN4OS. The maximum Gasteiger partial charge on any atom is 0.230 e. The Kier molecular flexibility index (Phi) is 4.86. The van der Waals surface area contributed by atoms with Crippen LogP contribution >= 0.6 is 27.7 Å². The maximum absolute atomic E-state index is 12.3. The topological polar surface area (TPSA) is 59.8 Å². The fourth-order valence-electron chi connectivity index (χ4n) is 2.93. The van der Waals surface area contributed by atoms with Crippen molar-refractivity contribution in [2.75, 3.05) is 5.75 Å². The average molecular weight is 421 g/mol. The van der Waals surface area contributed by atoms with Gasteiger partial charge in [0.25, 0.3) is 0 Å². The third-order valence-corrected chi connectivity index (χ3v) is 6.10. The second-order valence-corrected chi connectivity index (χ2v) is 8.70. The molecule has 0 spiro atoms. The summed E-state index contributed by atoms with van der Waals surface area (Å²) in [4.78, 5) is 12.3. The largest absolute Gasteiger partial charge is 0.349 e. The van der Waals surface area contributed by atoms with Crippen LogP contribution in [0.15, 0.2) is 33.9 Å². The first kappa shape index (κ1) is 17.1. The summed E-state index contributed by atoms with van der Waals surface area (Å²) in [6, 6.07) is 8.57. The molecule has 1 heterocycles. The molecule has 0 saturated heterocycles. The number of halogens is 1. The summed E-state index contributed by atoms with van der Waals surface area (Å²) in [5.41, 5.74) is 1.10. The Morgan fingerprint density at radius 3 is 2.64 bits per heavy atom. The summed E-state index contributed by atoms with van der Waals surface area (Å²) < 4.78 is 3.32. The van der Waals surface area contributed by atoms with Gasteiger partial charge >= 0.3 is 0 Å². The van der Waals surface area contributed by atoms with Crippen molar-refractivity contribution in [2.45, 2.75) is 55.8 Å². The molecule has 1 aromatic carbocycles. The zero-order valence-corrected chi connectivity index (χ0v) is 16.5. The molecular weight excluding hydrogens is 400 g/mol. The number of amides is 1. The van der Waals surface area contributed by atoms with E-state index >= 15 is 0 Å². The van der Waals surface area contributed by atoms with Crippen molar-refractivity contribution in [1.82, 2.24) is 20.1 Å². The van der Waals surface area contributed by atoms with E-state index in [1.165, 1.54) is 37.4 Å². The van der Waals surface area contributed by atoms with Crippen LogP contribution in [0.1, 0.15) is 62.0 Å². The van der Waals surface area contributed by atoms with Crippen LogP contribution in [0.5, 0.6) is 0 Å². The minimum absolute atomic E-state index is 0.00970. The molecule has 25 heavy (non-hydrogen) atoms. The summed E-state index contributed by atoms with van der Waals surface area (Å²) in [6.07, 6.45) is 4.86. The molecule has 0 bridgehead atoms. The lowest BCUT2D eigenvalue weighted by Gasteiger charge is -2.14. The van der Waals surface area contributed by atoms with E-state index in [2.05, 4.69) is 36.0 Å². The normalized spacial score (nSPS) is 18.2. The van der Waals surface area contributed by atoms with Gasteiger partial charge in [-0.05, 0) is 50.3 Å². The summed E-state index contributed by atoms with van der Waals surface area (Å²) in [6.45, 7) is 2.00. The lowest BCUT2D eigenvalue weighted by molar-refractivity contribution is -0.119. The molecule has 0 aliphatic heterocycles. The van der Waals surface area contributed by atoms with Gasteiger partial charge in [-0.2, -0.15) is 0 Å². The van der Waals surface area contributed by atoms with Crippen molar-refractivity contribution in [2.24, 2.45) is 0 Å². The van der Waals surface area contributed by atoms with Gasteiger partial charge in [-0.1, -0.05) is 39.8 Å². The van der Waals surface area contributed by atoms with Crippen LogP contribution in [0, 0.1) is 0 Å². The van der Waals surface area contributed by atoms with Gasteiger partial charge in [-0.3, -0.25) is 4.79 Å². The fraction of sp³-hybridized carbons (Fsp3) is 0.500. The highest BCUT2D eigenvalue weighted by Gasteiger charge is 2.36. The zero-order chi connectivity index (χ0) is 17.4. The molecule has 2 aliphatic carbocycles. The van der Waals surface area contributed by atoms with Crippen LogP contribution in [-0.2, 0) is 4.79 Å². The number of hydrogen-bond donors (Lipinski definition) is 1. The Morgan fingerprint density at radius 2 is 2.00 bits per heavy atom. The number of thioether (sulfide) groups is 1. The Morgan fingerprint density at radius 1 is 1.28 bits per heavy atom. The number of aromatic nitrogens is 3. The molecule has 1 unspecified atom stereocenters. The molecule has 0 radical (unpaired) electrons. The minimum Gasteiger partial charge on any atom is -0.349 e. The maximum atomic E-state index is 12.3. The van der Waals surface area contributed by atoms with Crippen molar-refractivity contribution < 1.29 is 4.79 Å². The predicted molar refractivity (Wildman–Crippen MR) is 102 cm³/mol. The molecule has 1 atom stereocenters. The Bertz CT molecular complexity index is 768. The number of nitrogens with one attached hydrogen (secondary N) is 1. The number of benzene rings is 1. The van der Waals surface area contributed by atoms with Gasteiger partial charge in [0.2, 0.25) is 5.91 Å². The summed E-state index contributed by atoms with van der Waals surface area (Å²) in [7, 11) is 0. The highest BCUT2D eigenvalue weighted by molar-refractivity contribution is 9.10. The average Bonchev–Trinajstić information content (AvgIpc) is 3.52. The monoisotopic (exact) mass is 420 g/mol. The quantitative estimate of drug-likeness (QED) is 0.680. The highest BCUT2D eigenvalue weighted by Crippen LogP contribution is 2.45. The van der Waals surface area contributed by atoms with Crippen LogP contribution < -0.4 is 5.32 Å². The first-order valence-electron chi connectivity index (χ1n) is 8.74. The predicted octanol–water partition coefficient (Wildman–Crippen LogP) is 4.22. The number of carbonyl (C=O) groups is 1. The van der Waals surface area contributed by atoms with Gasteiger partial charge in [0.15, 0.2) is 5.16 Å². The molecule has 2 aliphatic rings. The first-order chi connectivity index (χ1) is 12.1. The minimum atomic E-state index is -0.00970. The van der Waals surface area contributed by atoms with E-state index in [1.54, 1.807) is 0 Å². The van der Waals surface area contributed by atoms with Gasteiger partial charge in [0.05, 0.1) is 11.8 Å². The van der Waals surface area contributed by atoms with Gasteiger partial charge in [-0.15, -0.1) is 10.2 Å². The molecule has 4 rings (SSSR count). The van der Waals surface area contributed by atoms with Crippen LogP contribution in [0.4, 0.5) is 0 Å². The number of rotatable bonds is 7. The molecule has 1 N–H and O–H groups in total. The lowest BCUT2D eigenvalue weighted by Crippen LogP contribution is -2.28. The number of carbonyl (C=O) groups excluding carboxylic acids is 1. The number of nitrogens with zero attached hydrogens (tertiary/aromatic N) is 3. The third-order valence-electron chi connectivity index (χ3n) is 4.63. The zero-order valence-electron chi connectivity index (χ0n) is 14.1. The third kappa shape index (κ3) is 4.08. The first-order valence-corrected chi connectivity index (χ1v) is 10.5. The van der Waals surface area contributed by atoms with Gasteiger partial charge in [-0.25, -0.2) is 0 Å². The van der Waals surface area contributed by atoms with E-state index in [1.807, 2.05) is 31.2 Å². The van der Waals surface area contributed by atoms with E-state index < -0.39 is 0 Å². The van der Waals surface area contributed by atoms with Gasteiger partial charge in [0, 0.05) is 16.4 Å². The molecule has 1 amide bonds.